The SMILES string of the molecule is C=C(Cl)S(=O)O. The van der Waals surface area contributed by atoms with Crippen molar-refractivity contribution in [2.75, 3.05) is 0 Å². The van der Waals surface area contributed by atoms with Gasteiger partial charge in [0.2, 0.25) is 0 Å². The Morgan fingerprint density at radius 2 is 2.17 bits per heavy atom. The highest BCUT2D eigenvalue weighted by Crippen LogP contribution is 1.97. The molecule has 6 heavy (non-hydrogen) atoms. The van der Waals surface area contributed by atoms with E-state index < -0.39 is 11.1 Å². The average molecular weight is 127 g/mol. The smallest absolute Gasteiger partial charge is 0.197 e. The Bertz CT molecular complexity index is 77.5. The van der Waals surface area contributed by atoms with Gasteiger partial charge in [0.15, 0.2) is 11.1 Å². The molecule has 0 aromatic heterocycles. The normalized spacial score (nSPS) is 13.7. The number of halogens is 1. The summed E-state index contributed by atoms with van der Waals surface area (Å²) in [6, 6.07) is 0. The molecule has 0 heterocycles. The molecule has 1 N–H and O–H groups in total. The maximum atomic E-state index is 9.58. The van der Waals surface area contributed by atoms with Crippen LogP contribution >= 0.6 is 11.6 Å². The molecule has 1 atom stereocenters. The van der Waals surface area contributed by atoms with Gasteiger partial charge in [-0.05, 0) is 0 Å². The van der Waals surface area contributed by atoms with Crippen molar-refractivity contribution in [2.45, 2.75) is 0 Å². The summed E-state index contributed by atoms with van der Waals surface area (Å²) in [5.41, 5.74) is 0. The van der Waals surface area contributed by atoms with Gasteiger partial charge in [-0.25, -0.2) is 4.21 Å². The van der Waals surface area contributed by atoms with Gasteiger partial charge in [-0.3, -0.25) is 0 Å². The molecule has 0 spiro atoms. The van der Waals surface area contributed by atoms with Gasteiger partial charge in [-0.2, -0.15) is 0 Å². The van der Waals surface area contributed by atoms with Crippen molar-refractivity contribution < 1.29 is 8.76 Å². The summed E-state index contributed by atoms with van der Waals surface area (Å²) in [6.45, 7) is 2.97. The molecule has 0 aliphatic rings. The standard InChI is InChI=1S/C2H3ClO2S/c1-2(3)6(4)5/h1H2,(H,4,5). The van der Waals surface area contributed by atoms with Crippen LogP contribution in [-0.4, -0.2) is 8.76 Å². The third-order valence-electron chi connectivity index (χ3n) is 0.189. The zero-order valence-corrected chi connectivity index (χ0v) is 4.42. The first-order valence-corrected chi connectivity index (χ1v) is 2.58. The van der Waals surface area contributed by atoms with E-state index in [9.17, 15) is 4.21 Å². The summed E-state index contributed by atoms with van der Waals surface area (Å²) in [4.78, 5) is 0. The van der Waals surface area contributed by atoms with Crippen LogP contribution in [0, 0.1) is 0 Å². The second-order valence-corrected chi connectivity index (χ2v) is 2.28. The molecule has 2 nitrogen and oxygen atoms in total. The maximum absolute atomic E-state index is 9.58. The Balaban J connectivity index is 3.57. The fourth-order valence-corrected chi connectivity index (χ4v) is 0. The van der Waals surface area contributed by atoms with E-state index in [1.54, 1.807) is 0 Å². The zero-order chi connectivity index (χ0) is 5.15. The van der Waals surface area contributed by atoms with Crippen LogP contribution in [0.1, 0.15) is 0 Å². The molecule has 0 saturated heterocycles. The Kier molecular flexibility index (Phi) is 2.39. The van der Waals surface area contributed by atoms with E-state index in [1.165, 1.54) is 0 Å². The molecule has 0 amide bonds. The van der Waals surface area contributed by atoms with E-state index >= 15 is 0 Å². The van der Waals surface area contributed by atoms with Crippen LogP contribution in [0.15, 0.2) is 10.9 Å². The fourth-order valence-electron chi connectivity index (χ4n) is 0. The van der Waals surface area contributed by atoms with Crippen molar-refractivity contribution >= 4 is 22.7 Å². The van der Waals surface area contributed by atoms with E-state index in [2.05, 4.69) is 6.58 Å². The fraction of sp³-hybridized carbons (Fsp3) is 0. The topological polar surface area (TPSA) is 37.3 Å². The van der Waals surface area contributed by atoms with Crippen molar-refractivity contribution in [3.8, 4) is 0 Å². The van der Waals surface area contributed by atoms with Gasteiger partial charge in [0.05, 0.1) is 0 Å². The highest BCUT2D eigenvalue weighted by atomic mass is 35.5. The Morgan fingerprint density at radius 1 is 2.00 bits per heavy atom. The summed E-state index contributed by atoms with van der Waals surface area (Å²) in [5, 5.41) is 0. The van der Waals surface area contributed by atoms with E-state index in [0.717, 1.165) is 0 Å². The van der Waals surface area contributed by atoms with E-state index in [0.29, 0.717) is 0 Å². The first-order valence-electron chi connectivity index (χ1n) is 1.10. The van der Waals surface area contributed by atoms with Crippen LogP contribution in [0.5, 0.6) is 0 Å². The van der Waals surface area contributed by atoms with Crippen LogP contribution in [0.3, 0.4) is 0 Å². The molecule has 1 unspecified atom stereocenters. The van der Waals surface area contributed by atoms with Crippen molar-refractivity contribution in [1.82, 2.24) is 0 Å². The Morgan fingerprint density at radius 3 is 2.17 bits per heavy atom. The van der Waals surface area contributed by atoms with Crippen LogP contribution in [0.4, 0.5) is 0 Å². The predicted molar refractivity (Wildman–Crippen MR) is 25.8 cm³/mol. The molecular formula is C2H3ClO2S. The first kappa shape index (κ1) is 6.14. The molecular weight excluding hydrogens is 124 g/mol. The third-order valence-corrected chi connectivity index (χ3v) is 0.964. The Hall–Kier alpha value is 0.140. The molecule has 0 aromatic carbocycles. The summed E-state index contributed by atoms with van der Waals surface area (Å²) in [6.07, 6.45) is 0. The summed E-state index contributed by atoms with van der Waals surface area (Å²) >= 11 is 2.82. The van der Waals surface area contributed by atoms with Crippen molar-refractivity contribution in [3.63, 3.8) is 0 Å². The number of hydrogen-bond acceptors (Lipinski definition) is 1. The van der Waals surface area contributed by atoms with E-state index in [1.807, 2.05) is 0 Å². The summed E-state index contributed by atoms with van der Waals surface area (Å²) in [5.74, 6) is 0. The first-order chi connectivity index (χ1) is 2.64. The summed E-state index contributed by atoms with van der Waals surface area (Å²) in [7, 11) is 0. The number of hydrogen-bond donors (Lipinski definition) is 1. The Labute approximate surface area is 43.1 Å². The minimum atomic E-state index is -2.05. The van der Waals surface area contributed by atoms with Gasteiger partial charge in [0.1, 0.15) is 4.36 Å². The molecule has 0 radical (unpaired) electrons. The monoisotopic (exact) mass is 126 g/mol. The molecule has 36 valence electrons. The van der Waals surface area contributed by atoms with Crippen molar-refractivity contribution in [3.05, 3.63) is 10.9 Å². The second kappa shape index (κ2) is 2.34. The lowest BCUT2D eigenvalue weighted by Crippen LogP contribution is -1.79. The molecule has 0 aliphatic carbocycles. The molecule has 0 rings (SSSR count). The lowest BCUT2D eigenvalue weighted by atomic mass is 11.3. The van der Waals surface area contributed by atoms with Gasteiger partial charge in [0.25, 0.3) is 0 Å². The van der Waals surface area contributed by atoms with Crippen LogP contribution in [0.25, 0.3) is 0 Å². The average Bonchev–Trinajstić information content (AvgIpc) is 1.36. The van der Waals surface area contributed by atoms with Gasteiger partial charge in [0, 0.05) is 0 Å². The van der Waals surface area contributed by atoms with Gasteiger partial charge in [-0.1, -0.05) is 18.2 Å². The van der Waals surface area contributed by atoms with Crippen molar-refractivity contribution in [1.29, 1.82) is 0 Å². The van der Waals surface area contributed by atoms with Crippen LogP contribution in [-0.2, 0) is 11.1 Å². The van der Waals surface area contributed by atoms with Crippen LogP contribution < -0.4 is 0 Å². The zero-order valence-electron chi connectivity index (χ0n) is 2.85. The lowest BCUT2D eigenvalue weighted by molar-refractivity contribution is 0.573. The van der Waals surface area contributed by atoms with Crippen LogP contribution in [0.2, 0.25) is 0 Å². The van der Waals surface area contributed by atoms with Crippen molar-refractivity contribution in [2.24, 2.45) is 0 Å². The van der Waals surface area contributed by atoms with Gasteiger partial charge in [-0.15, -0.1) is 0 Å². The molecule has 4 heteroatoms. The minimum absolute atomic E-state index is 0.241. The molecule has 0 bridgehead atoms. The van der Waals surface area contributed by atoms with E-state index in [4.69, 9.17) is 16.2 Å². The molecule has 0 saturated carbocycles. The van der Waals surface area contributed by atoms with E-state index in [-0.39, 0.29) is 4.36 Å². The highest BCUT2D eigenvalue weighted by Gasteiger charge is 1.89. The van der Waals surface area contributed by atoms with Gasteiger partial charge < -0.3 is 4.55 Å². The number of rotatable bonds is 1. The largest absolute Gasteiger partial charge is 0.302 e. The van der Waals surface area contributed by atoms with Gasteiger partial charge >= 0.3 is 0 Å². The lowest BCUT2D eigenvalue weighted by Gasteiger charge is -1.78. The summed E-state index contributed by atoms with van der Waals surface area (Å²) < 4.78 is 17.2. The highest BCUT2D eigenvalue weighted by molar-refractivity contribution is 7.85. The predicted octanol–water partition coefficient (Wildman–Crippen LogP) is 0.918. The second-order valence-electron chi connectivity index (χ2n) is 0.604. The molecule has 0 aliphatic heterocycles. The maximum Gasteiger partial charge on any atom is 0.197 e. The quantitative estimate of drug-likeness (QED) is 0.531. The third kappa shape index (κ3) is 2.38. The molecule has 0 fully saturated rings. The minimum Gasteiger partial charge on any atom is -0.302 e. The molecule has 0 aromatic rings.